The van der Waals surface area contributed by atoms with Crippen molar-refractivity contribution in [2.45, 2.75) is 19.3 Å². The van der Waals surface area contributed by atoms with E-state index in [4.69, 9.17) is 6.42 Å². The average Bonchev–Trinajstić information content (AvgIpc) is 2.73. The lowest BCUT2D eigenvalue weighted by Crippen LogP contribution is -2.02. The van der Waals surface area contributed by atoms with Crippen LogP contribution in [-0.2, 0) is 0 Å². The van der Waals surface area contributed by atoms with Gasteiger partial charge in [-0.1, -0.05) is 0 Å². The average molecular weight is 293 g/mol. The molecule has 0 aliphatic carbocycles. The summed E-state index contributed by atoms with van der Waals surface area (Å²) in [6.45, 7) is 0.843. The number of nitrogens with zero attached hydrogens (tertiary/aromatic N) is 3. The zero-order valence-corrected chi connectivity index (χ0v) is 10.9. The number of terminal acetylenes is 1. The van der Waals surface area contributed by atoms with Crippen LogP contribution in [0.3, 0.4) is 0 Å². The molecule has 0 unspecified atom stereocenters. The van der Waals surface area contributed by atoms with Crippen LogP contribution in [-0.4, -0.2) is 21.1 Å². The van der Waals surface area contributed by atoms with Gasteiger partial charge >= 0.3 is 0 Å². The van der Waals surface area contributed by atoms with Crippen molar-refractivity contribution in [2.75, 3.05) is 11.9 Å². The molecule has 88 valence electrons. The van der Waals surface area contributed by atoms with E-state index in [2.05, 4.69) is 37.2 Å². The second kappa shape index (κ2) is 5.69. The highest BCUT2D eigenvalue weighted by Crippen LogP contribution is 2.16. The summed E-state index contributed by atoms with van der Waals surface area (Å²) in [5.41, 5.74) is 0.818. The molecule has 0 fully saturated rings. The highest BCUT2D eigenvalue weighted by Gasteiger charge is 2.04. The van der Waals surface area contributed by atoms with Gasteiger partial charge in [0.15, 0.2) is 5.65 Å². The Morgan fingerprint density at radius 2 is 2.35 bits per heavy atom. The topological polar surface area (TPSA) is 42.2 Å². The molecule has 1 N–H and O–H groups in total. The summed E-state index contributed by atoms with van der Waals surface area (Å²) < 4.78 is 2.68. The summed E-state index contributed by atoms with van der Waals surface area (Å²) >= 11 is 3.44. The maximum absolute atomic E-state index is 5.19. The molecule has 2 rings (SSSR count). The van der Waals surface area contributed by atoms with Crippen LogP contribution in [0.25, 0.3) is 5.65 Å². The van der Waals surface area contributed by atoms with Crippen LogP contribution < -0.4 is 5.32 Å². The van der Waals surface area contributed by atoms with E-state index in [1.54, 1.807) is 4.52 Å². The smallest absolute Gasteiger partial charge is 0.243 e. The quantitative estimate of drug-likeness (QED) is 0.681. The lowest BCUT2D eigenvalue weighted by molar-refractivity contribution is 0.783. The molecular formula is C12H13BrN4. The zero-order chi connectivity index (χ0) is 12.1. The predicted octanol–water partition coefficient (Wildman–Crippen LogP) is 2.71. The summed E-state index contributed by atoms with van der Waals surface area (Å²) in [6, 6.07) is 3.86. The molecule has 0 saturated heterocycles. The van der Waals surface area contributed by atoms with Crippen molar-refractivity contribution in [2.24, 2.45) is 0 Å². The summed E-state index contributed by atoms with van der Waals surface area (Å²) in [4.78, 5) is 4.38. The molecule has 2 aromatic heterocycles. The number of fused-ring (bicyclic) bond motifs is 1. The van der Waals surface area contributed by atoms with Crippen LogP contribution in [0.1, 0.15) is 19.3 Å². The molecule has 0 bridgehead atoms. The van der Waals surface area contributed by atoms with Crippen molar-refractivity contribution in [3.8, 4) is 12.3 Å². The van der Waals surface area contributed by atoms with Crippen LogP contribution in [0.5, 0.6) is 0 Å². The third-order valence-electron chi connectivity index (χ3n) is 2.35. The maximum atomic E-state index is 5.19. The van der Waals surface area contributed by atoms with Gasteiger partial charge in [-0.3, -0.25) is 0 Å². The second-order valence-electron chi connectivity index (χ2n) is 3.65. The summed E-state index contributed by atoms with van der Waals surface area (Å²) in [7, 11) is 0. The number of aromatic nitrogens is 3. The van der Waals surface area contributed by atoms with E-state index in [-0.39, 0.29) is 0 Å². The molecule has 0 amide bonds. The van der Waals surface area contributed by atoms with E-state index >= 15 is 0 Å². The number of hydrogen-bond acceptors (Lipinski definition) is 3. The number of unbranched alkanes of at least 4 members (excludes halogenated alkanes) is 2. The van der Waals surface area contributed by atoms with E-state index < -0.39 is 0 Å². The number of halogens is 1. The Morgan fingerprint density at radius 3 is 3.12 bits per heavy atom. The van der Waals surface area contributed by atoms with Gasteiger partial charge in [-0.25, -0.2) is 4.52 Å². The maximum Gasteiger partial charge on any atom is 0.243 e. The van der Waals surface area contributed by atoms with Gasteiger partial charge in [0.2, 0.25) is 5.95 Å². The van der Waals surface area contributed by atoms with E-state index in [1.807, 2.05) is 18.3 Å². The summed E-state index contributed by atoms with van der Waals surface area (Å²) in [5, 5.41) is 7.50. The van der Waals surface area contributed by atoms with Gasteiger partial charge in [-0.2, -0.15) is 4.98 Å². The molecular weight excluding hydrogens is 280 g/mol. The zero-order valence-electron chi connectivity index (χ0n) is 9.36. The van der Waals surface area contributed by atoms with Crippen molar-refractivity contribution < 1.29 is 0 Å². The number of anilines is 1. The first kappa shape index (κ1) is 11.9. The normalized spacial score (nSPS) is 10.4. The van der Waals surface area contributed by atoms with Crippen molar-refractivity contribution in [3.63, 3.8) is 0 Å². The van der Waals surface area contributed by atoms with Crippen LogP contribution in [0.4, 0.5) is 5.95 Å². The Morgan fingerprint density at radius 1 is 1.47 bits per heavy atom. The molecule has 0 aliphatic rings. The fourth-order valence-corrected chi connectivity index (χ4v) is 1.92. The van der Waals surface area contributed by atoms with Gasteiger partial charge in [0.1, 0.15) is 0 Å². The minimum atomic E-state index is 0.651. The monoisotopic (exact) mass is 292 g/mol. The van der Waals surface area contributed by atoms with Crippen molar-refractivity contribution >= 4 is 27.5 Å². The molecule has 0 aromatic carbocycles. The van der Waals surface area contributed by atoms with Gasteiger partial charge in [0.25, 0.3) is 0 Å². The number of hydrogen-bond donors (Lipinski definition) is 1. The Hall–Kier alpha value is -1.54. The van der Waals surface area contributed by atoms with Gasteiger partial charge in [0.05, 0.1) is 4.47 Å². The molecule has 5 heteroatoms. The highest BCUT2D eigenvalue weighted by molar-refractivity contribution is 9.10. The van der Waals surface area contributed by atoms with Crippen LogP contribution >= 0.6 is 15.9 Å². The second-order valence-corrected chi connectivity index (χ2v) is 4.50. The first-order chi connectivity index (χ1) is 8.31. The van der Waals surface area contributed by atoms with E-state index in [9.17, 15) is 0 Å². The van der Waals surface area contributed by atoms with Gasteiger partial charge in [-0.15, -0.1) is 17.4 Å². The van der Waals surface area contributed by atoms with Gasteiger partial charge in [-0.05, 0) is 40.9 Å². The number of nitrogens with one attached hydrogen (secondary N) is 1. The fraction of sp³-hybridized carbons (Fsp3) is 0.333. The van der Waals surface area contributed by atoms with Gasteiger partial charge < -0.3 is 5.32 Å². The minimum Gasteiger partial charge on any atom is -0.353 e. The first-order valence-corrected chi connectivity index (χ1v) is 6.29. The standard InChI is InChI=1S/C12H13BrN4/c1-2-3-4-5-8-14-12-15-11-10(13)7-6-9-17(11)16-12/h1,6-7,9H,3-5,8H2,(H,14,16). The van der Waals surface area contributed by atoms with Crippen molar-refractivity contribution in [1.29, 1.82) is 0 Å². The number of pyridine rings is 1. The third-order valence-corrected chi connectivity index (χ3v) is 2.96. The van der Waals surface area contributed by atoms with Crippen molar-refractivity contribution in [1.82, 2.24) is 14.6 Å². The largest absolute Gasteiger partial charge is 0.353 e. The lowest BCUT2D eigenvalue weighted by atomic mass is 10.2. The molecule has 0 saturated carbocycles. The molecule has 0 spiro atoms. The molecule has 2 aromatic rings. The minimum absolute atomic E-state index is 0.651. The van der Waals surface area contributed by atoms with E-state index in [0.717, 1.165) is 35.9 Å². The van der Waals surface area contributed by atoms with Crippen LogP contribution in [0.2, 0.25) is 0 Å². The molecule has 0 atom stereocenters. The number of rotatable bonds is 5. The summed E-state index contributed by atoms with van der Waals surface area (Å²) in [6.07, 6.45) is 9.94. The Bertz CT molecular complexity index is 541. The Kier molecular flexibility index (Phi) is 3.99. The van der Waals surface area contributed by atoms with E-state index in [1.165, 1.54) is 0 Å². The SMILES string of the molecule is C#CCCCCNc1nc2c(Br)cccn2n1. The molecule has 0 aliphatic heterocycles. The Balaban J connectivity index is 1.96. The third kappa shape index (κ3) is 2.98. The first-order valence-electron chi connectivity index (χ1n) is 5.49. The lowest BCUT2D eigenvalue weighted by Gasteiger charge is -1.98. The molecule has 17 heavy (non-hydrogen) atoms. The Labute approximate surface area is 109 Å². The highest BCUT2D eigenvalue weighted by atomic mass is 79.9. The van der Waals surface area contributed by atoms with Crippen molar-refractivity contribution in [3.05, 3.63) is 22.8 Å². The molecule has 0 radical (unpaired) electrons. The van der Waals surface area contributed by atoms with Crippen LogP contribution in [0.15, 0.2) is 22.8 Å². The molecule has 4 nitrogen and oxygen atoms in total. The summed E-state index contributed by atoms with van der Waals surface area (Å²) in [5.74, 6) is 3.28. The van der Waals surface area contributed by atoms with Crippen LogP contribution in [0, 0.1) is 12.3 Å². The molecule has 2 heterocycles. The predicted molar refractivity (Wildman–Crippen MR) is 71.9 cm³/mol. The van der Waals surface area contributed by atoms with Gasteiger partial charge in [0, 0.05) is 19.2 Å². The fourth-order valence-electron chi connectivity index (χ4n) is 1.50. The van der Waals surface area contributed by atoms with E-state index in [0.29, 0.717) is 5.95 Å².